The molecule has 134 valence electrons. The van der Waals surface area contributed by atoms with Crippen molar-refractivity contribution in [2.45, 2.75) is 51.6 Å². The van der Waals surface area contributed by atoms with Gasteiger partial charge in [0.2, 0.25) is 11.8 Å². The lowest BCUT2D eigenvalue weighted by molar-refractivity contribution is -0.138. The molecule has 2 heterocycles. The van der Waals surface area contributed by atoms with Crippen LogP contribution in [0.5, 0.6) is 0 Å². The average Bonchev–Trinajstić information content (AvgIpc) is 2.94. The first-order valence-corrected chi connectivity index (χ1v) is 8.53. The number of likely N-dealkylation sites (N-methyl/N-ethyl adjacent to an activating group) is 1. The molecule has 1 aliphatic rings. The molecule has 0 unspecified atom stereocenters. The van der Waals surface area contributed by atoms with Crippen LogP contribution in [0.1, 0.15) is 50.5 Å². The van der Waals surface area contributed by atoms with E-state index in [9.17, 15) is 9.59 Å². The Bertz CT molecular complexity index is 568. The molecule has 1 N–H and O–H groups in total. The fourth-order valence-corrected chi connectivity index (χ4v) is 2.65. The van der Waals surface area contributed by atoms with E-state index < -0.39 is 0 Å². The van der Waals surface area contributed by atoms with E-state index in [-0.39, 0.29) is 24.4 Å². The van der Waals surface area contributed by atoms with Crippen LogP contribution < -0.4 is 5.32 Å². The van der Waals surface area contributed by atoms with Gasteiger partial charge >= 0.3 is 0 Å². The summed E-state index contributed by atoms with van der Waals surface area (Å²) in [4.78, 5) is 27.2. The quantitative estimate of drug-likeness (QED) is 0.848. The molecule has 0 saturated carbocycles. The minimum Gasteiger partial charge on any atom is -0.361 e. The van der Waals surface area contributed by atoms with Gasteiger partial charge in [0.05, 0.1) is 12.2 Å². The summed E-state index contributed by atoms with van der Waals surface area (Å²) in [5.41, 5.74) is 0.883. The Balaban J connectivity index is 1.83. The molecule has 7 heteroatoms. The van der Waals surface area contributed by atoms with Gasteiger partial charge in [-0.1, -0.05) is 19.0 Å². The van der Waals surface area contributed by atoms with Crippen molar-refractivity contribution in [3.63, 3.8) is 0 Å². The Labute approximate surface area is 143 Å². The smallest absolute Gasteiger partial charge is 0.241 e. The Morgan fingerprint density at radius 1 is 1.46 bits per heavy atom. The lowest BCUT2D eigenvalue weighted by Crippen LogP contribution is -2.40. The second kappa shape index (κ2) is 8.28. The number of carbonyl (C=O) groups excluding carboxylic acids is 2. The highest BCUT2D eigenvalue weighted by Crippen LogP contribution is 2.16. The third-order valence-corrected chi connectivity index (χ3v) is 4.35. The third-order valence-electron chi connectivity index (χ3n) is 4.35. The molecule has 0 spiro atoms. The summed E-state index contributed by atoms with van der Waals surface area (Å²) in [5.74, 6) is 1.22. The topological polar surface area (TPSA) is 78.7 Å². The zero-order chi connectivity index (χ0) is 17.7. The van der Waals surface area contributed by atoms with Crippen molar-refractivity contribution < 1.29 is 14.1 Å². The summed E-state index contributed by atoms with van der Waals surface area (Å²) in [6.07, 6.45) is 2.08. The van der Waals surface area contributed by atoms with Crippen LogP contribution in [-0.2, 0) is 16.1 Å². The molecule has 0 radical (unpaired) electrons. The van der Waals surface area contributed by atoms with Crippen molar-refractivity contribution in [1.82, 2.24) is 20.3 Å². The number of aromatic nitrogens is 1. The summed E-state index contributed by atoms with van der Waals surface area (Å²) in [7, 11) is 3.41. The van der Waals surface area contributed by atoms with Crippen LogP contribution in [0, 0.1) is 0 Å². The van der Waals surface area contributed by atoms with E-state index in [0.29, 0.717) is 25.4 Å². The highest BCUT2D eigenvalue weighted by molar-refractivity contribution is 5.84. The first-order valence-electron chi connectivity index (χ1n) is 8.53. The van der Waals surface area contributed by atoms with E-state index in [4.69, 9.17) is 4.52 Å². The number of amides is 2. The minimum absolute atomic E-state index is 0.0430. The molecule has 1 aliphatic heterocycles. The van der Waals surface area contributed by atoms with Crippen molar-refractivity contribution >= 4 is 11.8 Å². The number of likely N-dealkylation sites (tertiary alicyclic amines) is 1. The number of nitrogens with one attached hydrogen (secondary N) is 1. The van der Waals surface area contributed by atoms with Crippen molar-refractivity contribution in [2.24, 2.45) is 0 Å². The largest absolute Gasteiger partial charge is 0.361 e. The van der Waals surface area contributed by atoms with Gasteiger partial charge in [-0.15, -0.1) is 0 Å². The van der Waals surface area contributed by atoms with Gasteiger partial charge < -0.3 is 19.6 Å². The van der Waals surface area contributed by atoms with Crippen LogP contribution in [0.15, 0.2) is 10.6 Å². The maximum atomic E-state index is 12.2. The van der Waals surface area contributed by atoms with E-state index in [1.165, 1.54) is 4.90 Å². The predicted octanol–water partition coefficient (Wildman–Crippen LogP) is 1.36. The van der Waals surface area contributed by atoms with Crippen molar-refractivity contribution in [3.8, 4) is 0 Å². The molecule has 0 aromatic carbocycles. The van der Waals surface area contributed by atoms with Gasteiger partial charge in [-0.2, -0.15) is 0 Å². The van der Waals surface area contributed by atoms with Crippen LogP contribution in [-0.4, -0.2) is 60.0 Å². The van der Waals surface area contributed by atoms with Crippen LogP contribution in [0.3, 0.4) is 0 Å². The highest BCUT2D eigenvalue weighted by atomic mass is 16.5. The van der Waals surface area contributed by atoms with Crippen molar-refractivity contribution in [3.05, 3.63) is 17.5 Å². The van der Waals surface area contributed by atoms with Crippen LogP contribution in [0.4, 0.5) is 0 Å². The molecule has 1 saturated heterocycles. The van der Waals surface area contributed by atoms with E-state index >= 15 is 0 Å². The number of carbonyl (C=O) groups is 2. The lowest BCUT2D eigenvalue weighted by Gasteiger charge is -2.22. The molecule has 1 aromatic heterocycles. The van der Waals surface area contributed by atoms with Crippen LogP contribution in [0.2, 0.25) is 0 Å². The Kier molecular flexibility index (Phi) is 6.36. The maximum Gasteiger partial charge on any atom is 0.241 e. The van der Waals surface area contributed by atoms with Crippen molar-refractivity contribution in [2.75, 3.05) is 27.2 Å². The number of hydrogen-bond donors (Lipinski definition) is 1. The van der Waals surface area contributed by atoms with E-state index in [0.717, 1.165) is 24.3 Å². The molecule has 0 aliphatic carbocycles. The van der Waals surface area contributed by atoms with Crippen LogP contribution in [0.25, 0.3) is 0 Å². The van der Waals surface area contributed by atoms with Crippen LogP contribution >= 0.6 is 0 Å². The van der Waals surface area contributed by atoms with E-state index in [1.54, 1.807) is 19.0 Å². The minimum atomic E-state index is -0.0430. The average molecular weight is 336 g/mol. The highest BCUT2D eigenvalue weighted by Gasteiger charge is 2.24. The molecule has 1 aromatic rings. The third kappa shape index (κ3) is 5.06. The van der Waals surface area contributed by atoms with Gasteiger partial charge in [-0.25, -0.2) is 0 Å². The molecule has 7 nitrogen and oxygen atoms in total. The molecule has 1 atom stereocenters. The number of nitrogens with zero attached hydrogens (tertiary/aromatic N) is 3. The first-order chi connectivity index (χ1) is 11.4. The molecule has 1 fully saturated rings. The lowest BCUT2D eigenvalue weighted by atomic mass is 10.1. The molecule has 2 rings (SSSR count). The normalized spacial score (nSPS) is 18.8. The Hall–Kier alpha value is -1.89. The fourth-order valence-electron chi connectivity index (χ4n) is 2.65. The van der Waals surface area contributed by atoms with E-state index in [1.807, 2.05) is 6.07 Å². The second-order valence-electron chi connectivity index (χ2n) is 6.88. The monoisotopic (exact) mass is 336 g/mol. The van der Waals surface area contributed by atoms with Crippen molar-refractivity contribution in [1.29, 1.82) is 0 Å². The Morgan fingerprint density at radius 3 is 2.83 bits per heavy atom. The zero-order valence-electron chi connectivity index (χ0n) is 15.0. The second-order valence-corrected chi connectivity index (χ2v) is 6.88. The molecule has 2 amide bonds. The first kappa shape index (κ1) is 18.4. The maximum absolute atomic E-state index is 12.2. The molecule has 0 bridgehead atoms. The Morgan fingerprint density at radius 2 is 2.21 bits per heavy atom. The summed E-state index contributed by atoms with van der Waals surface area (Å²) in [6, 6.07) is 2.22. The predicted molar refractivity (Wildman–Crippen MR) is 90.3 cm³/mol. The molecular formula is C17H28N4O3. The van der Waals surface area contributed by atoms with Gasteiger partial charge in [0.15, 0.2) is 0 Å². The standard InChI is InChI=1S/C17H28N4O3/c1-12(2)15-9-14(19-24-15)10-18-13-5-6-16(22)21(8-7-13)11-17(23)20(3)4/h9,12-13,18H,5-8,10-11H2,1-4H3/t13-/m1/s1. The van der Waals surface area contributed by atoms with Gasteiger partial charge in [0.1, 0.15) is 5.76 Å². The van der Waals surface area contributed by atoms with E-state index in [2.05, 4.69) is 24.3 Å². The zero-order valence-corrected chi connectivity index (χ0v) is 15.0. The summed E-state index contributed by atoms with van der Waals surface area (Å²) >= 11 is 0. The summed E-state index contributed by atoms with van der Waals surface area (Å²) < 4.78 is 5.30. The van der Waals surface area contributed by atoms with Gasteiger partial charge in [-0.3, -0.25) is 9.59 Å². The fraction of sp³-hybridized carbons (Fsp3) is 0.706. The SMILES string of the molecule is CC(C)c1cc(CN[C@@H]2CCC(=O)N(CC(=O)N(C)C)CC2)no1. The number of rotatable bonds is 6. The van der Waals surface area contributed by atoms with Gasteiger partial charge in [0, 0.05) is 51.6 Å². The molecule has 24 heavy (non-hydrogen) atoms. The van der Waals surface area contributed by atoms with Gasteiger partial charge in [-0.05, 0) is 12.8 Å². The number of hydrogen-bond acceptors (Lipinski definition) is 5. The molecular weight excluding hydrogens is 308 g/mol. The summed E-state index contributed by atoms with van der Waals surface area (Å²) in [5, 5.41) is 7.52. The van der Waals surface area contributed by atoms with Gasteiger partial charge in [0.25, 0.3) is 0 Å². The summed E-state index contributed by atoms with van der Waals surface area (Å²) in [6.45, 7) is 5.54.